The van der Waals surface area contributed by atoms with Crippen molar-refractivity contribution in [2.45, 2.75) is 83.1 Å². The topological polar surface area (TPSA) is 90.4 Å². The molecule has 3 fully saturated rings. The minimum absolute atomic E-state index is 0.0806. The normalized spacial score (nSPS) is 31.5. The first-order valence-electron chi connectivity index (χ1n) is 13.5. The summed E-state index contributed by atoms with van der Waals surface area (Å²) in [4.78, 5) is 47.3. The van der Waals surface area contributed by atoms with Crippen LogP contribution in [0.15, 0.2) is 25.3 Å². The van der Waals surface area contributed by atoms with E-state index in [9.17, 15) is 19.5 Å². The first-order valence-corrected chi connectivity index (χ1v) is 13.5. The molecule has 8 heteroatoms. The molecule has 1 spiro atoms. The third kappa shape index (κ3) is 4.30. The van der Waals surface area contributed by atoms with Crippen LogP contribution in [0.5, 0.6) is 0 Å². The molecule has 0 aromatic carbocycles. The molecule has 0 aliphatic carbocycles. The molecule has 3 aliphatic heterocycles. The predicted molar refractivity (Wildman–Crippen MR) is 139 cm³/mol. The number of likely N-dealkylation sites (tertiary alicyclic amines) is 1. The Balaban J connectivity index is 2.16. The van der Waals surface area contributed by atoms with E-state index in [1.165, 1.54) is 0 Å². The number of hydrogen-bond acceptors (Lipinski definition) is 5. The second-order valence-electron chi connectivity index (χ2n) is 11.0. The highest BCUT2D eigenvalue weighted by Crippen LogP contribution is 2.65. The summed E-state index contributed by atoms with van der Waals surface area (Å²) in [5.41, 5.74) is -1.87. The zero-order valence-corrected chi connectivity index (χ0v) is 22.7. The highest BCUT2D eigenvalue weighted by Gasteiger charge is 2.79. The maximum Gasteiger partial charge on any atom is 0.248 e. The summed E-state index contributed by atoms with van der Waals surface area (Å²) in [5, 5.41) is 10.4. The Morgan fingerprint density at radius 3 is 2.39 bits per heavy atom. The first kappa shape index (κ1) is 28.4. The average Bonchev–Trinajstić information content (AvgIpc) is 3.45. The molecule has 36 heavy (non-hydrogen) atoms. The lowest BCUT2D eigenvalue weighted by atomic mass is 9.64. The van der Waals surface area contributed by atoms with Crippen LogP contribution in [0.1, 0.15) is 59.8 Å². The lowest BCUT2D eigenvalue weighted by molar-refractivity contribution is -0.158. The van der Waals surface area contributed by atoms with Crippen LogP contribution in [0.25, 0.3) is 0 Å². The highest BCUT2D eigenvalue weighted by atomic mass is 16.5. The number of rotatable bonds is 13. The van der Waals surface area contributed by atoms with Crippen molar-refractivity contribution in [2.24, 2.45) is 17.8 Å². The van der Waals surface area contributed by atoms with Gasteiger partial charge in [0.25, 0.3) is 0 Å². The van der Waals surface area contributed by atoms with E-state index in [0.29, 0.717) is 38.9 Å². The van der Waals surface area contributed by atoms with E-state index in [1.807, 2.05) is 20.8 Å². The molecule has 0 radical (unpaired) electrons. The van der Waals surface area contributed by atoms with Gasteiger partial charge in [0, 0.05) is 26.7 Å². The van der Waals surface area contributed by atoms with Crippen LogP contribution in [0.2, 0.25) is 0 Å². The minimum atomic E-state index is -1.09. The fourth-order valence-corrected chi connectivity index (χ4v) is 6.78. The van der Waals surface area contributed by atoms with E-state index in [-0.39, 0.29) is 30.2 Å². The molecule has 0 saturated carbocycles. The van der Waals surface area contributed by atoms with Crippen LogP contribution in [-0.4, -0.2) is 94.1 Å². The van der Waals surface area contributed by atoms with Crippen molar-refractivity contribution in [3.05, 3.63) is 25.3 Å². The maximum atomic E-state index is 14.3. The zero-order valence-electron chi connectivity index (χ0n) is 22.7. The van der Waals surface area contributed by atoms with Gasteiger partial charge in [0.05, 0.1) is 30.1 Å². The smallest absolute Gasteiger partial charge is 0.248 e. The molecule has 3 heterocycles. The fourth-order valence-electron chi connectivity index (χ4n) is 6.78. The number of carbonyl (C=O) groups excluding carboxylic acids is 3. The molecular formula is C28H45N3O5. The molecule has 3 aliphatic rings. The minimum Gasteiger partial charge on any atom is -0.394 e. The number of amides is 3. The SMILES string of the molecule is C=CCN(C)C(=O)[C@@H]1[C@H]2C(=O)N([C@@H](CO)C(C)C)C(C(=O)N(CC=C)CCCC)C23CC[C@@]1(CC)O3. The van der Waals surface area contributed by atoms with Gasteiger partial charge in [-0.3, -0.25) is 14.4 Å². The molecule has 2 unspecified atom stereocenters. The quantitative estimate of drug-likeness (QED) is 0.390. The summed E-state index contributed by atoms with van der Waals surface area (Å²) in [6, 6.07) is -1.44. The zero-order chi connectivity index (χ0) is 26.8. The van der Waals surface area contributed by atoms with Crippen molar-refractivity contribution < 1.29 is 24.2 Å². The average molecular weight is 504 g/mol. The van der Waals surface area contributed by atoms with Gasteiger partial charge >= 0.3 is 0 Å². The molecule has 3 amide bonds. The standard InChI is InChI=1S/C28H45N3O5/c1-8-12-17-30(16-10-3)26(35)23-28-14-13-27(11-4,36-28)21(24(33)29(7)15-9-2)22(28)25(34)31(23)20(18-32)19(5)6/h9-10,19-23,32H,2-3,8,11-18H2,1,4-7H3/t20-,21-,22-,23?,27+,28?/m0/s1. The van der Waals surface area contributed by atoms with Crippen molar-refractivity contribution >= 4 is 17.7 Å². The predicted octanol–water partition coefficient (Wildman–Crippen LogP) is 2.62. The molecule has 3 saturated heterocycles. The van der Waals surface area contributed by atoms with Gasteiger partial charge in [-0.15, -0.1) is 13.2 Å². The van der Waals surface area contributed by atoms with Gasteiger partial charge in [-0.2, -0.15) is 0 Å². The van der Waals surface area contributed by atoms with Crippen LogP contribution in [0.3, 0.4) is 0 Å². The van der Waals surface area contributed by atoms with Gasteiger partial charge in [0.1, 0.15) is 11.6 Å². The monoisotopic (exact) mass is 503 g/mol. The molecule has 6 atom stereocenters. The number of aliphatic hydroxyl groups is 1. The summed E-state index contributed by atoms with van der Waals surface area (Å²) in [5.74, 6) is -2.10. The summed E-state index contributed by atoms with van der Waals surface area (Å²) >= 11 is 0. The van der Waals surface area contributed by atoms with Crippen LogP contribution in [0.4, 0.5) is 0 Å². The largest absolute Gasteiger partial charge is 0.394 e. The Kier molecular flexibility index (Phi) is 8.71. The number of unbranched alkanes of at least 4 members (excludes halogenated alkanes) is 1. The summed E-state index contributed by atoms with van der Waals surface area (Å²) in [6.45, 7) is 16.5. The van der Waals surface area contributed by atoms with Gasteiger partial charge in [-0.05, 0) is 31.6 Å². The van der Waals surface area contributed by atoms with Crippen LogP contribution < -0.4 is 0 Å². The number of aliphatic hydroxyl groups excluding tert-OH is 1. The lowest BCUT2D eigenvalue weighted by Gasteiger charge is -2.40. The Morgan fingerprint density at radius 2 is 1.86 bits per heavy atom. The van der Waals surface area contributed by atoms with E-state index in [1.54, 1.807) is 33.9 Å². The molecule has 2 bridgehead atoms. The van der Waals surface area contributed by atoms with Crippen LogP contribution in [-0.2, 0) is 19.1 Å². The van der Waals surface area contributed by atoms with Crippen molar-refractivity contribution in [1.29, 1.82) is 0 Å². The van der Waals surface area contributed by atoms with Crippen LogP contribution >= 0.6 is 0 Å². The van der Waals surface area contributed by atoms with Crippen LogP contribution in [0, 0.1) is 17.8 Å². The lowest BCUT2D eigenvalue weighted by Crippen LogP contribution is -2.59. The number of ether oxygens (including phenoxy) is 1. The van der Waals surface area contributed by atoms with Crippen molar-refractivity contribution in [3.8, 4) is 0 Å². The second-order valence-corrected chi connectivity index (χ2v) is 11.0. The van der Waals surface area contributed by atoms with Gasteiger partial charge in [0.2, 0.25) is 17.7 Å². The van der Waals surface area contributed by atoms with E-state index >= 15 is 0 Å². The number of fused-ring (bicyclic) bond motifs is 1. The number of hydrogen-bond donors (Lipinski definition) is 1. The third-order valence-electron chi connectivity index (χ3n) is 8.65. The fraction of sp³-hybridized carbons (Fsp3) is 0.750. The molecule has 0 aromatic heterocycles. The Bertz CT molecular complexity index is 875. The summed E-state index contributed by atoms with van der Waals surface area (Å²) in [7, 11) is 1.72. The van der Waals surface area contributed by atoms with E-state index in [4.69, 9.17) is 4.74 Å². The molecule has 0 aromatic rings. The second kappa shape index (κ2) is 11.1. The molecule has 202 valence electrons. The number of nitrogens with zero attached hydrogens (tertiary/aromatic N) is 3. The van der Waals surface area contributed by atoms with Gasteiger partial charge < -0.3 is 24.5 Å². The Hall–Kier alpha value is -2.19. The Labute approximate surface area is 216 Å². The Morgan fingerprint density at radius 1 is 1.19 bits per heavy atom. The highest BCUT2D eigenvalue weighted by molar-refractivity contribution is 5.99. The number of carbonyl (C=O) groups is 3. The molecule has 8 nitrogen and oxygen atoms in total. The van der Waals surface area contributed by atoms with E-state index in [0.717, 1.165) is 12.8 Å². The summed E-state index contributed by atoms with van der Waals surface area (Å²) < 4.78 is 6.83. The number of likely N-dealkylation sites (N-methyl/N-ethyl adjacent to an activating group) is 1. The van der Waals surface area contributed by atoms with Crippen molar-refractivity contribution in [3.63, 3.8) is 0 Å². The van der Waals surface area contributed by atoms with Gasteiger partial charge in [-0.25, -0.2) is 0 Å². The third-order valence-corrected chi connectivity index (χ3v) is 8.65. The van der Waals surface area contributed by atoms with Gasteiger partial charge in [0.15, 0.2) is 0 Å². The van der Waals surface area contributed by atoms with E-state index < -0.39 is 35.1 Å². The van der Waals surface area contributed by atoms with Crippen molar-refractivity contribution in [1.82, 2.24) is 14.7 Å². The molecule has 1 N–H and O–H groups in total. The van der Waals surface area contributed by atoms with Gasteiger partial charge in [-0.1, -0.05) is 46.3 Å². The molecular weight excluding hydrogens is 458 g/mol. The van der Waals surface area contributed by atoms with E-state index in [2.05, 4.69) is 20.1 Å². The summed E-state index contributed by atoms with van der Waals surface area (Å²) in [6.07, 6.45) is 6.85. The van der Waals surface area contributed by atoms with Crippen molar-refractivity contribution in [2.75, 3.05) is 33.3 Å². The maximum absolute atomic E-state index is 14.3. The first-order chi connectivity index (χ1) is 17.1. The molecule has 3 rings (SSSR count).